The Labute approximate surface area is 140 Å². The first-order chi connectivity index (χ1) is 11.0. The number of carbonyl (C=O) groups excluding carboxylic acids is 2. The Balaban J connectivity index is 1.76. The number of hydrogen-bond acceptors (Lipinski definition) is 3. The van der Waals surface area contributed by atoms with Crippen molar-refractivity contribution in [2.45, 2.75) is 32.2 Å². The third-order valence-corrected chi connectivity index (χ3v) is 5.46. The number of halogens is 1. The fourth-order valence-electron chi connectivity index (χ4n) is 4.11. The average Bonchev–Trinajstić information content (AvgIpc) is 3.09. The van der Waals surface area contributed by atoms with E-state index >= 15 is 0 Å². The Hall–Kier alpha value is -1.59. The quantitative estimate of drug-likeness (QED) is 0.790. The first-order valence-electron chi connectivity index (χ1n) is 7.98. The van der Waals surface area contributed by atoms with Gasteiger partial charge >= 0.3 is 0 Å². The van der Waals surface area contributed by atoms with Crippen LogP contribution in [0.1, 0.15) is 36.5 Å². The van der Waals surface area contributed by atoms with Crippen molar-refractivity contribution >= 4 is 29.1 Å². The topological polar surface area (TPSA) is 78.4 Å². The maximum Gasteiger partial charge on any atom is 0.253 e. The predicted octanol–water partition coefficient (Wildman–Crippen LogP) is 2.44. The smallest absolute Gasteiger partial charge is 0.253 e. The van der Waals surface area contributed by atoms with Crippen LogP contribution in [-0.4, -0.2) is 29.6 Å². The van der Waals surface area contributed by atoms with Gasteiger partial charge in [0, 0.05) is 31.2 Å². The van der Waals surface area contributed by atoms with Crippen molar-refractivity contribution in [3.8, 4) is 0 Å². The Morgan fingerprint density at radius 2 is 2.04 bits per heavy atom. The van der Waals surface area contributed by atoms with Crippen molar-refractivity contribution in [3.63, 3.8) is 0 Å². The summed E-state index contributed by atoms with van der Waals surface area (Å²) in [6, 6.07) is 4.85. The minimum Gasteiger partial charge on any atom is -0.396 e. The minimum absolute atomic E-state index is 0.00624. The molecule has 2 amide bonds. The zero-order valence-electron chi connectivity index (χ0n) is 13.0. The second-order valence-corrected chi connectivity index (χ2v) is 6.96. The molecule has 3 rings (SSSR count). The molecule has 4 atom stereocenters. The molecule has 1 aromatic carbocycles. The number of aliphatic hydroxyl groups excluding tert-OH is 1. The van der Waals surface area contributed by atoms with Gasteiger partial charge in [0.25, 0.3) is 5.91 Å². The normalized spacial score (nSPS) is 28.7. The lowest BCUT2D eigenvalue weighted by Gasteiger charge is -2.30. The number of hydrogen-bond donors (Lipinski definition) is 3. The van der Waals surface area contributed by atoms with Crippen LogP contribution in [0.5, 0.6) is 0 Å². The molecule has 5 nitrogen and oxygen atoms in total. The lowest BCUT2D eigenvalue weighted by Crippen LogP contribution is -2.45. The van der Waals surface area contributed by atoms with Gasteiger partial charge in [-0.15, -0.1) is 0 Å². The fraction of sp³-hybridized carbons (Fsp3) is 0.529. The molecule has 4 unspecified atom stereocenters. The molecule has 0 heterocycles. The van der Waals surface area contributed by atoms with Crippen LogP contribution in [0.4, 0.5) is 5.69 Å². The summed E-state index contributed by atoms with van der Waals surface area (Å²) in [5.74, 6) is 0.634. The van der Waals surface area contributed by atoms with Crippen molar-refractivity contribution in [2.24, 2.45) is 17.8 Å². The number of benzene rings is 1. The van der Waals surface area contributed by atoms with Gasteiger partial charge in [-0.2, -0.15) is 0 Å². The summed E-state index contributed by atoms with van der Waals surface area (Å²) in [6.45, 7) is 1.52. The Morgan fingerprint density at radius 3 is 2.74 bits per heavy atom. The lowest BCUT2D eigenvalue weighted by molar-refractivity contribution is -0.114. The average molecular weight is 337 g/mol. The largest absolute Gasteiger partial charge is 0.396 e. The molecule has 2 aliphatic rings. The highest BCUT2D eigenvalue weighted by molar-refractivity contribution is 6.34. The summed E-state index contributed by atoms with van der Waals surface area (Å²) in [4.78, 5) is 23.8. The molecule has 1 aromatic rings. The van der Waals surface area contributed by atoms with Crippen LogP contribution in [0.25, 0.3) is 0 Å². The molecule has 0 spiro atoms. The van der Waals surface area contributed by atoms with Crippen LogP contribution >= 0.6 is 11.6 Å². The van der Waals surface area contributed by atoms with Gasteiger partial charge in [-0.25, -0.2) is 0 Å². The Kier molecular flexibility index (Phi) is 4.60. The second kappa shape index (κ2) is 6.49. The van der Waals surface area contributed by atoms with Crippen LogP contribution in [0.3, 0.4) is 0 Å². The van der Waals surface area contributed by atoms with Crippen LogP contribution < -0.4 is 10.6 Å². The zero-order chi connectivity index (χ0) is 16.6. The Bertz CT molecular complexity index is 634. The van der Waals surface area contributed by atoms with Crippen LogP contribution in [0, 0.1) is 17.8 Å². The summed E-state index contributed by atoms with van der Waals surface area (Å²) in [5.41, 5.74) is 0.885. The number of nitrogens with one attached hydrogen (secondary N) is 2. The first-order valence-corrected chi connectivity index (χ1v) is 8.36. The number of carbonyl (C=O) groups is 2. The van der Waals surface area contributed by atoms with E-state index in [4.69, 9.17) is 11.6 Å². The number of fused-ring (bicyclic) bond motifs is 2. The van der Waals surface area contributed by atoms with E-state index in [-0.39, 0.29) is 30.4 Å². The second-order valence-electron chi connectivity index (χ2n) is 6.55. The molecule has 2 bridgehead atoms. The zero-order valence-corrected chi connectivity index (χ0v) is 13.8. The first kappa shape index (κ1) is 16.3. The molecule has 0 aliphatic heterocycles. The molecule has 3 N–H and O–H groups in total. The van der Waals surface area contributed by atoms with Gasteiger partial charge in [0.15, 0.2) is 0 Å². The van der Waals surface area contributed by atoms with Crippen LogP contribution in [-0.2, 0) is 4.79 Å². The van der Waals surface area contributed by atoms with E-state index in [1.807, 2.05) is 0 Å². The molecule has 2 fully saturated rings. The van der Waals surface area contributed by atoms with E-state index in [0.29, 0.717) is 28.1 Å². The molecule has 0 radical (unpaired) electrons. The number of rotatable bonds is 4. The van der Waals surface area contributed by atoms with Gasteiger partial charge in [0.1, 0.15) is 0 Å². The summed E-state index contributed by atoms with van der Waals surface area (Å²) in [7, 11) is 0. The molecule has 0 saturated heterocycles. The summed E-state index contributed by atoms with van der Waals surface area (Å²) in [5, 5.41) is 15.7. The highest BCUT2D eigenvalue weighted by Gasteiger charge is 2.47. The van der Waals surface area contributed by atoms with Gasteiger partial charge in [0.2, 0.25) is 5.91 Å². The summed E-state index contributed by atoms with van der Waals surface area (Å²) in [6.07, 6.45) is 3.32. The third kappa shape index (κ3) is 3.21. The van der Waals surface area contributed by atoms with Crippen molar-refractivity contribution in [2.75, 3.05) is 11.9 Å². The van der Waals surface area contributed by atoms with Crippen molar-refractivity contribution in [3.05, 3.63) is 28.8 Å². The Morgan fingerprint density at radius 1 is 1.30 bits per heavy atom. The fourth-order valence-corrected chi connectivity index (χ4v) is 4.31. The predicted molar refractivity (Wildman–Crippen MR) is 88.4 cm³/mol. The summed E-state index contributed by atoms with van der Waals surface area (Å²) >= 11 is 6.14. The van der Waals surface area contributed by atoms with Crippen molar-refractivity contribution < 1.29 is 14.7 Å². The third-order valence-electron chi connectivity index (χ3n) is 5.13. The molecule has 0 aromatic heterocycles. The molecule has 6 heteroatoms. The lowest BCUT2D eigenvalue weighted by atomic mass is 9.85. The maximum absolute atomic E-state index is 12.6. The maximum atomic E-state index is 12.6. The van der Waals surface area contributed by atoms with Gasteiger partial charge in [-0.1, -0.05) is 11.6 Å². The summed E-state index contributed by atoms with van der Waals surface area (Å²) < 4.78 is 0. The molecule has 124 valence electrons. The highest BCUT2D eigenvalue weighted by Crippen LogP contribution is 2.48. The van der Waals surface area contributed by atoms with E-state index in [2.05, 4.69) is 10.6 Å². The molecule has 23 heavy (non-hydrogen) atoms. The van der Waals surface area contributed by atoms with E-state index < -0.39 is 0 Å². The molecule has 2 saturated carbocycles. The highest BCUT2D eigenvalue weighted by atomic mass is 35.5. The van der Waals surface area contributed by atoms with E-state index in [1.165, 1.54) is 6.92 Å². The number of anilines is 1. The number of aliphatic hydroxyl groups is 1. The molecule has 2 aliphatic carbocycles. The minimum atomic E-state index is -0.252. The molecular weight excluding hydrogens is 316 g/mol. The van der Waals surface area contributed by atoms with Gasteiger partial charge in [-0.05, 0) is 49.3 Å². The van der Waals surface area contributed by atoms with E-state index in [0.717, 1.165) is 19.3 Å². The SMILES string of the molecule is CC(=O)Nc1ccc(Cl)c(C(=O)NC2C3CCC(C3)C2CO)c1. The standard InChI is InChI=1S/C17H21ClN2O3/c1-9(22)19-12-4-5-15(18)13(7-12)17(23)20-16-11-3-2-10(6-11)14(16)8-21/h4-5,7,10-11,14,16,21H,2-3,6,8H2,1H3,(H,19,22)(H,20,23). The molecular formula is C17H21ClN2O3. The van der Waals surface area contributed by atoms with E-state index in [9.17, 15) is 14.7 Å². The van der Waals surface area contributed by atoms with Gasteiger partial charge in [-0.3, -0.25) is 9.59 Å². The monoisotopic (exact) mass is 336 g/mol. The van der Waals surface area contributed by atoms with Crippen molar-refractivity contribution in [1.82, 2.24) is 5.32 Å². The van der Waals surface area contributed by atoms with Crippen LogP contribution in [0.2, 0.25) is 5.02 Å². The van der Waals surface area contributed by atoms with Gasteiger partial charge in [0.05, 0.1) is 10.6 Å². The van der Waals surface area contributed by atoms with Crippen molar-refractivity contribution in [1.29, 1.82) is 0 Å². The van der Waals surface area contributed by atoms with Crippen LogP contribution in [0.15, 0.2) is 18.2 Å². The van der Waals surface area contributed by atoms with E-state index in [1.54, 1.807) is 18.2 Å². The number of amides is 2. The van der Waals surface area contributed by atoms with Gasteiger partial charge < -0.3 is 15.7 Å².